The van der Waals surface area contributed by atoms with Crippen LogP contribution >= 0.6 is 0 Å². The molecule has 0 spiro atoms. The van der Waals surface area contributed by atoms with Crippen LogP contribution in [0.1, 0.15) is 29.7 Å². The van der Waals surface area contributed by atoms with Crippen molar-refractivity contribution in [1.29, 1.82) is 5.26 Å². The SMILES string of the molecule is CCn1c(Cn2ccnc2-c2cccc(F)n2)nc2c1CCN(c1ncccc1C#N)C2. The summed E-state index contributed by atoms with van der Waals surface area (Å²) in [7, 11) is 0. The fourth-order valence-electron chi connectivity index (χ4n) is 4.27. The summed E-state index contributed by atoms with van der Waals surface area (Å²) in [5, 5.41) is 9.44. The molecular formula is C23H21FN8. The lowest BCUT2D eigenvalue weighted by atomic mass is 10.1. The van der Waals surface area contributed by atoms with Crippen molar-refractivity contribution in [2.24, 2.45) is 0 Å². The van der Waals surface area contributed by atoms with Crippen LogP contribution in [0.5, 0.6) is 0 Å². The number of rotatable bonds is 5. The summed E-state index contributed by atoms with van der Waals surface area (Å²) >= 11 is 0. The van der Waals surface area contributed by atoms with Crippen molar-refractivity contribution in [1.82, 2.24) is 29.1 Å². The molecule has 0 radical (unpaired) electrons. The summed E-state index contributed by atoms with van der Waals surface area (Å²) in [4.78, 5) is 19.8. The number of nitrogens with zero attached hydrogens (tertiary/aromatic N) is 8. The van der Waals surface area contributed by atoms with Crippen molar-refractivity contribution in [2.75, 3.05) is 11.4 Å². The van der Waals surface area contributed by atoms with Gasteiger partial charge >= 0.3 is 0 Å². The number of imidazole rings is 2. The van der Waals surface area contributed by atoms with E-state index in [-0.39, 0.29) is 0 Å². The number of pyridine rings is 2. The van der Waals surface area contributed by atoms with Crippen LogP contribution in [-0.2, 0) is 26.1 Å². The van der Waals surface area contributed by atoms with Gasteiger partial charge < -0.3 is 14.0 Å². The minimum Gasteiger partial charge on any atom is -0.349 e. The molecule has 0 fully saturated rings. The first-order valence-electron chi connectivity index (χ1n) is 10.5. The average Bonchev–Trinajstić information content (AvgIpc) is 3.42. The number of hydrogen-bond donors (Lipinski definition) is 0. The third-order valence-corrected chi connectivity index (χ3v) is 5.69. The average molecular weight is 428 g/mol. The molecule has 4 aromatic rings. The second kappa shape index (κ2) is 8.23. The summed E-state index contributed by atoms with van der Waals surface area (Å²) in [6, 6.07) is 10.5. The van der Waals surface area contributed by atoms with Crippen LogP contribution in [0.25, 0.3) is 11.5 Å². The maximum atomic E-state index is 13.6. The summed E-state index contributed by atoms with van der Waals surface area (Å²) in [6.45, 7) is 4.78. The molecule has 0 unspecified atom stereocenters. The molecule has 0 amide bonds. The fraction of sp³-hybridized carbons (Fsp3) is 0.261. The molecule has 0 aromatic carbocycles. The summed E-state index contributed by atoms with van der Waals surface area (Å²) in [5.74, 6) is 1.68. The Labute approximate surface area is 184 Å². The van der Waals surface area contributed by atoms with Gasteiger partial charge in [0.2, 0.25) is 5.95 Å². The number of halogens is 1. The molecule has 0 bridgehead atoms. The van der Waals surface area contributed by atoms with Gasteiger partial charge in [-0.2, -0.15) is 9.65 Å². The lowest BCUT2D eigenvalue weighted by Gasteiger charge is -2.28. The van der Waals surface area contributed by atoms with E-state index in [9.17, 15) is 9.65 Å². The molecule has 160 valence electrons. The highest BCUT2D eigenvalue weighted by Gasteiger charge is 2.26. The number of fused-ring (bicyclic) bond motifs is 1. The zero-order valence-corrected chi connectivity index (χ0v) is 17.6. The number of aromatic nitrogens is 6. The highest BCUT2D eigenvalue weighted by Crippen LogP contribution is 2.27. The first-order chi connectivity index (χ1) is 15.7. The molecule has 0 atom stereocenters. The highest BCUT2D eigenvalue weighted by molar-refractivity contribution is 5.54. The summed E-state index contributed by atoms with van der Waals surface area (Å²) in [5.41, 5.74) is 3.25. The van der Waals surface area contributed by atoms with Gasteiger partial charge in [-0.1, -0.05) is 6.07 Å². The quantitative estimate of drug-likeness (QED) is 0.454. The van der Waals surface area contributed by atoms with Crippen LogP contribution in [0, 0.1) is 17.3 Å². The van der Waals surface area contributed by atoms with Crippen LogP contribution in [0.4, 0.5) is 10.2 Å². The van der Waals surface area contributed by atoms with Crippen molar-refractivity contribution in [3.8, 4) is 17.6 Å². The van der Waals surface area contributed by atoms with Gasteiger partial charge in [0.05, 0.1) is 24.3 Å². The van der Waals surface area contributed by atoms with Crippen LogP contribution in [-0.4, -0.2) is 35.6 Å². The van der Waals surface area contributed by atoms with E-state index < -0.39 is 5.95 Å². The van der Waals surface area contributed by atoms with Gasteiger partial charge in [0.15, 0.2) is 5.82 Å². The Balaban J connectivity index is 1.46. The maximum absolute atomic E-state index is 13.6. The lowest BCUT2D eigenvalue weighted by Crippen LogP contribution is -2.32. The van der Waals surface area contributed by atoms with E-state index in [2.05, 4.69) is 37.4 Å². The summed E-state index contributed by atoms with van der Waals surface area (Å²) < 4.78 is 17.8. The first kappa shape index (κ1) is 19.9. The van der Waals surface area contributed by atoms with Crippen molar-refractivity contribution in [3.05, 3.63) is 77.6 Å². The van der Waals surface area contributed by atoms with Crippen molar-refractivity contribution in [2.45, 2.75) is 33.0 Å². The van der Waals surface area contributed by atoms with Gasteiger partial charge in [-0.25, -0.2) is 19.9 Å². The third-order valence-electron chi connectivity index (χ3n) is 5.69. The zero-order chi connectivity index (χ0) is 22.1. The van der Waals surface area contributed by atoms with Gasteiger partial charge in [0.25, 0.3) is 0 Å². The molecule has 1 aliphatic rings. The van der Waals surface area contributed by atoms with E-state index in [1.807, 2.05) is 10.8 Å². The topological polar surface area (TPSA) is 88.4 Å². The van der Waals surface area contributed by atoms with Crippen LogP contribution in [0.15, 0.2) is 48.9 Å². The minimum absolute atomic E-state index is 0.486. The predicted octanol–water partition coefficient (Wildman–Crippen LogP) is 3.18. The Kier molecular flexibility index (Phi) is 5.11. The van der Waals surface area contributed by atoms with Crippen molar-refractivity contribution < 1.29 is 4.39 Å². The molecule has 8 nitrogen and oxygen atoms in total. The molecular weight excluding hydrogens is 407 g/mol. The Morgan fingerprint density at radius 2 is 2.03 bits per heavy atom. The fourth-order valence-corrected chi connectivity index (χ4v) is 4.27. The minimum atomic E-state index is -0.533. The van der Waals surface area contributed by atoms with E-state index in [4.69, 9.17) is 4.98 Å². The number of anilines is 1. The maximum Gasteiger partial charge on any atom is 0.213 e. The molecule has 9 heteroatoms. The first-order valence-corrected chi connectivity index (χ1v) is 10.5. The Morgan fingerprint density at radius 3 is 2.84 bits per heavy atom. The third kappa shape index (κ3) is 3.50. The van der Waals surface area contributed by atoms with E-state index in [1.165, 1.54) is 11.8 Å². The second-order valence-electron chi connectivity index (χ2n) is 7.55. The molecule has 0 saturated heterocycles. The van der Waals surface area contributed by atoms with Gasteiger partial charge in [-0.15, -0.1) is 0 Å². The molecule has 5 rings (SSSR count). The molecule has 5 heterocycles. The van der Waals surface area contributed by atoms with Gasteiger partial charge in [0.1, 0.15) is 23.4 Å². The normalized spacial score (nSPS) is 13.1. The molecule has 0 aliphatic carbocycles. The van der Waals surface area contributed by atoms with Crippen molar-refractivity contribution in [3.63, 3.8) is 0 Å². The largest absolute Gasteiger partial charge is 0.349 e. The Hall–Kier alpha value is -4.06. The molecule has 0 N–H and O–H groups in total. The Morgan fingerprint density at radius 1 is 1.12 bits per heavy atom. The predicted molar refractivity (Wildman–Crippen MR) is 116 cm³/mol. The molecule has 32 heavy (non-hydrogen) atoms. The lowest BCUT2D eigenvalue weighted by molar-refractivity contribution is 0.583. The number of nitriles is 1. The molecule has 4 aromatic heterocycles. The van der Waals surface area contributed by atoms with Crippen LogP contribution < -0.4 is 4.90 Å². The molecule has 0 saturated carbocycles. The van der Waals surface area contributed by atoms with Crippen LogP contribution in [0.3, 0.4) is 0 Å². The van der Waals surface area contributed by atoms with Crippen molar-refractivity contribution >= 4 is 5.82 Å². The van der Waals surface area contributed by atoms with Gasteiger partial charge in [-0.3, -0.25) is 0 Å². The summed E-state index contributed by atoms with van der Waals surface area (Å²) in [6.07, 6.45) is 6.07. The highest BCUT2D eigenvalue weighted by atomic mass is 19.1. The number of hydrogen-bond acceptors (Lipinski definition) is 6. The van der Waals surface area contributed by atoms with E-state index in [1.54, 1.807) is 36.7 Å². The Bertz CT molecular complexity index is 1320. The standard InChI is InChI=1S/C23H21FN8/c1-2-32-19-8-11-30(22-16(13-25)5-4-9-26-22)14-18(19)29-21(32)15-31-12-10-27-23(31)17-6-3-7-20(24)28-17/h3-7,9-10,12H,2,8,11,14-15H2,1H3. The smallest absolute Gasteiger partial charge is 0.213 e. The molecule has 1 aliphatic heterocycles. The second-order valence-corrected chi connectivity index (χ2v) is 7.55. The zero-order valence-electron chi connectivity index (χ0n) is 17.6. The van der Waals surface area contributed by atoms with Gasteiger partial charge in [0, 0.05) is 43.8 Å². The van der Waals surface area contributed by atoms with Gasteiger partial charge in [-0.05, 0) is 31.2 Å². The van der Waals surface area contributed by atoms with E-state index in [0.29, 0.717) is 36.0 Å². The van der Waals surface area contributed by atoms with Crippen LogP contribution in [0.2, 0.25) is 0 Å². The monoisotopic (exact) mass is 428 g/mol. The van der Waals surface area contributed by atoms with E-state index in [0.717, 1.165) is 31.0 Å². The van der Waals surface area contributed by atoms with E-state index >= 15 is 0 Å².